The Bertz CT molecular complexity index is 567. The van der Waals surface area contributed by atoms with E-state index in [4.69, 9.17) is 5.11 Å². The van der Waals surface area contributed by atoms with E-state index >= 15 is 0 Å². The van der Waals surface area contributed by atoms with Gasteiger partial charge in [0.1, 0.15) is 0 Å². The number of carbonyl (C=O) groups is 1. The molecule has 1 heterocycles. The molecular weight excluding hydrogens is 228 g/mol. The van der Waals surface area contributed by atoms with Crippen molar-refractivity contribution in [3.8, 4) is 0 Å². The van der Waals surface area contributed by atoms with Gasteiger partial charge in [-0.2, -0.15) is 0 Å². The molecule has 4 nitrogen and oxygen atoms in total. The monoisotopic (exact) mass is 242 g/mol. The molecule has 0 fully saturated rings. The molecule has 2 aromatic rings. The first kappa shape index (κ1) is 12.3. The number of aromatic nitrogens is 1. The predicted octanol–water partition coefficient (Wildman–Crippen LogP) is 2.13. The molecule has 2 rings (SSSR count). The van der Waals surface area contributed by atoms with Gasteiger partial charge in [-0.05, 0) is 36.8 Å². The quantitative estimate of drug-likeness (QED) is 0.866. The van der Waals surface area contributed by atoms with Crippen molar-refractivity contribution in [1.29, 1.82) is 0 Å². The standard InChI is InChI=1S/C14H14N2O2/c1-10-3-2-4-12(7-10)16-14(18)11-5-6-15-13(8-11)9-17/h2-8,17H,9H2,1H3,(H,16,18). The second-order valence-electron chi connectivity index (χ2n) is 4.02. The van der Waals surface area contributed by atoms with Crippen LogP contribution in [0.5, 0.6) is 0 Å². The molecule has 1 amide bonds. The van der Waals surface area contributed by atoms with Crippen LogP contribution in [0.2, 0.25) is 0 Å². The van der Waals surface area contributed by atoms with Crippen molar-refractivity contribution in [2.75, 3.05) is 5.32 Å². The summed E-state index contributed by atoms with van der Waals surface area (Å²) >= 11 is 0. The Balaban J connectivity index is 2.16. The lowest BCUT2D eigenvalue weighted by atomic mass is 10.2. The van der Waals surface area contributed by atoms with Crippen molar-refractivity contribution in [3.63, 3.8) is 0 Å². The van der Waals surface area contributed by atoms with Gasteiger partial charge in [0.05, 0.1) is 12.3 Å². The molecule has 0 radical (unpaired) electrons. The largest absolute Gasteiger partial charge is 0.390 e. The average Bonchev–Trinajstić information content (AvgIpc) is 2.39. The summed E-state index contributed by atoms with van der Waals surface area (Å²) in [6, 6.07) is 10.8. The molecule has 2 N–H and O–H groups in total. The minimum atomic E-state index is -0.210. The average molecular weight is 242 g/mol. The molecule has 0 aliphatic heterocycles. The number of carbonyl (C=O) groups excluding carboxylic acids is 1. The third-order valence-electron chi connectivity index (χ3n) is 2.52. The molecule has 0 spiro atoms. The third kappa shape index (κ3) is 2.93. The number of pyridine rings is 1. The highest BCUT2D eigenvalue weighted by molar-refractivity contribution is 6.04. The van der Waals surface area contributed by atoms with E-state index in [1.54, 1.807) is 12.1 Å². The van der Waals surface area contributed by atoms with Gasteiger partial charge in [-0.3, -0.25) is 9.78 Å². The number of hydrogen-bond donors (Lipinski definition) is 2. The van der Waals surface area contributed by atoms with E-state index < -0.39 is 0 Å². The minimum absolute atomic E-state index is 0.175. The Morgan fingerprint density at radius 2 is 2.17 bits per heavy atom. The van der Waals surface area contributed by atoms with Crippen molar-refractivity contribution in [3.05, 3.63) is 59.4 Å². The highest BCUT2D eigenvalue weighted by atomic mass is 16.3. The summed E-state index contributed by atoms with van der Waals surface area (Å²) in [6.07, 6.45) is 1.51. The van der Waals surface area contributed by atoms with Crippen LogP contribution in [-0.4, -0.2) is 16.0 Å². The van der Waals surface area contributed by atoms with Gasteiger partial charge in [0.2, 0.25) is 0 Å². The molecule has 0 atom stereocenters. The van der Waals surface area contributed by atoms with Crippen LogP contribution in [0, 0.1) is 6.92 Å². The fraction of sp³-hybridized carbons (Fsp3) is 0.143. The molecule has 1 aromatic heterocycles. The molecule has 0 bridgehead atoms. The predicted molar refractivity (Wildman–Crippen MR) is 69.3 cm³/mol. The Kier molecular flexibility index (Phi) is 3.69. The lowest BCUT2D eigenvalue weighted by molar-refractivity contribution is 0.102. The molecule has 0 saturated carbocycles. The summed E-state index contributed by atoms with van der Waals surface area (Å²) in [5.41, 5.74) is 2.79. The van der Waals surface area contributed by atoms with Crippen LogP contribution < -0.4 is 5.32 Å². The Labute approximate surface area is 105 Å². The summed E-state index contributed by atoms with van der Waals surface area (Å²) in [5.74, 6) is -0.210. The maximum Gasteiger partial charge on any atom is 0.255 e. The lowest BCUT2D eigenvalue weighted by Gasteiger charge is -2.06. The first-order chi connectivity index (χ1) is 8.69. The smallest absolute Gasteiger partial charge is 0.255 e. The number of amides is 1. The van der Waals surface area contributed by atoms with Crippen LogP contribution in [0.1, 0.15) is 21.6 Å². The van der Waals surface area contributed by atoms with E-state index in [0.717, 1.165) is 11.3 Å². The van der Waals surface area contributed by atoms with Crippen LogP contribution >= 0.6 is 0 Å². The van der Waals surface area contributed by atoms with Crippen molar-refractivity contribution < 1.29 is 9.90 Å². The van der Waals surface area contributed by atoms with E-state index in [2.05, 4.69) is 10.3 Å². The molecule has 0 saturated heterocycles. The summed E-state index contributed by atoms with van der Waals surface area (Å²) in [4.78, 5) is 15.9. The summed E-state index contributed by atoms with van der Waals surface area (Å²) in [6.45, 7) is 1.79. The first-order valence-corrected chi connectivity index (χ1v) is 5.63. The van der Waals surface area contributed by atoms with Crippen LogP contribution in [-0.2, 0) is 6.61 Å². The van der Waals surface area contributed by atoms with E-state index in [-0.39, 0.29) is 12.5 Å². The zero-order chi connectivity index (χ0) is 13.0. The van der Waals surface area contributed by atoms with Gasteiger partial charge in [-0.1, -0.05) is 12.1 Å². The molecule has 0 aliphatic carbocycles. The van der Waals surface area contributed by atoms with E-state index in [1.807, 2.05) is 31.2 Å². The number of hydrogen-bond acceptors (Lipinski definition) is 3. The second-order valence-corrected chi connectivity index (χ2v) is 4.02. The zero-order valence-electron chi connectivity index (χ0n) is 10.1. The molecule has 1 aromatic carbocycles. The van der Waals surface area contributed by atoms with Crippen LogP contribution in [0.25, 0.3) is 0 Å². The Hall–Kier alpha value is -2.20. The zero-order valence-corrected chi connectivity index (χ0v) is 10.1. The Morgan fingerprint density at radius 3 is 2.89 bits per heavy atom. The molecular formula is C14H14N2O2. The molecule has 92 valence electrons. The van der Waals surface area contributed by atoms with Gasteiger partial charge >= 0.3 is 0 Å². The number of aliphatic hydroxyl groups is 1. The van der Waals surface area contributed by atoms with Crippen LogP contribution in [0.4, 0.5) is 5.69 Å². The van der Waals surface area contributed by atoms with Gasteiger partial charge in [-0.15, -0.1) is 0 Å². The van der Waals surface area contributed by atoms with Gasteiger partial charge in [-0.25, -0.2) is 0 Å². The van der Waals surface area contributed by atoms with E-state index in [1.165, 1.54) is 6.20 Å². The number of benzene rings is 1. The van der Waals surface area contributed by atoms with Gasteiger partial charge in [0.15, 0.2) is 0 Å². The van der Waals surface area contributed by atoms with Crippen molar-refractivity contribution in [1.82, 2.24) is 4.98 Å². The summed E-state index contributed by atoms with van der Waals surface area (Å²) in [7, 11) is 0. The number of anilines is 1. The topological polar surface area (TPSA) is 62.2 Å². The maximum atomic E-state index is 12.0. The first-order valence-electron chi connectivity index (χ1n) is 5.63. The van der Waals surface area contributed by atoms with Crippen molar-refractivity contribution in [2.45, 2.75) is 13.5 Å². The second kappa shape index (κ2) is 5.42. The number of nitrogens with zero attached hydrogens (tertiary/aromatic N) is 1. The number of nitrogens with one attached hydrogen (secondary N) is 1. The SMILES string of the molecule is Cc1cccc(NC(=O)c2ccnc(CO)c2)c1. The van der Waals surface area contributed by atoms with Gasteiger partial charge < -0.3 is 10.4 Å². The fourth-order valence-electron chi connectivity index (χ4n) is 1.63. The Morgan fingerprint density at radius 1 is 1.33 bits per heavy atom. The normalized spacial score (nSPS) is 10.1. The summed E-state index contributed by atoms with van der Waals surface area (Å²) < 4.78 is 0. The van der Waals surface area contributed by atoms with Crippen molar-refractivity contribution >= 4 is 11.6 Å². The molecule has 18 heavy (non-hydrogen) atoms. The van der Waals surface area contributed by atoms with E-state index in [9.17, 15) is 4.79 Å². The van der Waals surface area contributed by atoms with Crippen LogP contribution in [0.15, 0.2) is 42.6 Å². The number of aryl methyl sites for hydroxylation is 1. The fourth-order valence-corrected chi connectivity index (χ4v) is 1.63. The molecule has 0 aliphatic rings. The molecule has 4 heteroatoms. The van der Waals surface area contributed by atoms with Gasteiger partial charge in [0, 0.05) is 17.4 Å². The van der Waals surface area contributed by atoms with Crippen molar-refractivity contribution in [2.24, 2.45) is 0 Å². The third-order valence-corrected chi connectivity index (χ3v) is 2.52. The van der Waals surface area contributed by atoms with Crippen LogP contribution in [0.3, 0.4) is 0 Å². The number of rotatable bonds is 3. The minimum Gasteiger partial charge on any atom is -0.390 e. The number of aliphatic hydroxyl groups excluding tert-OH is 1. The highest BCUT2D eigenvalue weighted by Crippen LogP contribution is 2.11. The summed E-state index contributed by atoms with van der Waals surface area (Å²) in [5, 5.41) is 11.8. The highest BCUT2D eigenvalue weighted by Gasteiger charge is 2.07. The lowest BCUT2D eigenvalue weighted by Crippen LogP contribution is -2.12. The molecule has 0 unspecified atom stereocenters. The maximum absolute atomic E-state index is 12.0. The van der Waals surface area contributed by atoms with E-state index in [0.29, 0.717) is 11.3 Å². The van der Waals surface area contributed by atoms with Gasteiger partial charge in [0.25, 0.3) is 5.91 Å².